The molecule has 19 heavy (non-hydrogen) atoms. The Hall–Kier alpha value is -1.69. The molecule has 0 bridgehead atoms. The lowest BCUT2D eigenvalue weighted by atomic mass is 10.2. The molecule has 2 rings (SSSR count). The van der Waals surface area contributed by atoms with Crippen LogP contribution in [0.1, 0.15) is 11.3 Å². The minimum atomic E-state index is -0.285. The molecule has 0 saturated carbocycles. The van der Waals surface area contributed by atoms with Gasteiger partial charge in [-0.1, -0.05) is 12.1 Å². The quantitative estimate of drug-likeness (QED) is 0.938. The van der Waals surface area contributed by atoms with Gasteiger partial charge in [-0.25, -0.2) is 4.39 Å². The molecule has 0 fully saturated rings. The molecule has 6 heteroatoms. The van der Waals surface area contributed by atoms with Crippen molar-refractivity contribution in [2.24, 2.45) is 0 Å². The van der Waals surface area contributed by atoms with E-state index >= 15 is 0 Å². The number of aromatic nitrogens is 2. The fraction of sp³-hybridized carbons (Fsp3) is 0.231. The SMILES string of the molecule is Cc1c(Br)cnn1CC(=O)NCc1ccc(F)cc1. The van der Waals surface area contributed by atoms with Crippen molar-refractivity contribution < 1.29 is 9.18 Å². The summed E-state index contributed by atoms with van der Waals surface area (Å²) in [6, 6.07) is 6.03. The molecule has 1 aromatic carbocycles. The summed E-state index contributed by atoms with van der Waals surface area (Å²) < 4.78 is 15.2. The fourth-order valence-corrected chi connectivity index (χ4v) is 1.87. The number of nitrogens with zero attached hydrogens (tertiary/aromatic N) is 2. The summed E-state index contributed by atoms with van der Waals surface area (Å²) >= 11 is 3.34. The Morgan fingerprint density at radius 3 is 2.68 bits per heavy atom. The smallest absolute Gasteiger partial charge is 0.242 e. The van der Waals surface area contributed by atoms with Crippen LogP contribution in [0.5, 0.6) is 0 Å². The van der Waals surface area contributed by atoms with Crippen molar-refractivity contribution in [3.8, 4) is 0 Å². The summed E-state index contributed by atoms with van der Waals surface area (Å²) in [5.74, 6) is -0.421. The summed E-state index contributed by atoms with van der Waals surface area (Å²) in [7, 11) is 0. The molecule has 4 nitrogen and oxygen atoms in total. The molecule has 0 radical (unpaired) electrons. The molecule has 1 amide bonds. The largest absolute Gasteiger partial charge is 0.350 e. The predicted molar refractivity (Wildman–Crippen MR) is 72.9 cm³/mol. The highest BCUT2D eigenvalue weighted by Gasteiger charge is 2.08. The average Bonchev–Trinajstić information content (AvgIpc) is 2.70. The van der Waals surface area contributed by atoms with Gasteiger partial charge in [-0.05, 0) is 40.5 Å². The Morgan fingerprint density at radius 1 is 1.42 bits per heavy atom. The molecule has 1 N–H and O–H groups in total. The van der Waals surface area contributed by atoms with Crippen LogP contribution in [0.2, 0.25) is 0 Å². The van der Waals surface area contributed by atoms with Crippen LogP contribution in [0.3, 0.4) is 0 Å². The lowest BCUT2D eigenvalue weighted by Gasteiger charge is -2.07. The van der Waals surface area contributed by atoms with Gasteiger partial charge >= 0.3 is 0 Å². The second kappa shape index (κ2) is 5.97. The van der Waals surface area contributed by atoms with Crippen molar-refractivity contribution in [1.29, 1.82) is 0 Å². The van der Waals surface area contributed by atoms with Gasteiger partial charge in [0, 0.05) is 6.54 Å². The summed E-state index contributed by atoms with van der Waals surface area (Å²) in [6.07, 6.45) is 1.66. The Kier molecular flexibility index (Phi) is 4.31. The first kappa shape index (κ1) is 13.7. The van der Waals surface area contributed by atoms with Gasteiger partial charge in [0.25, 0.3) is 0 Å². The molecular weight excluding hydrogens is 313 g/mol. The van der Waals surface area contributed by atoms with Crippen molar-refractivity contribution in [2.45, 2.75) is 20.0 Å². The number of hydrogen-bond donors (Lipinski definition) is 1. The van der Waals surface area contributed by atoms with Gasteiger partial charge in [-0.3, -0.25) is 9.48 Å². The monoisotopic (exact) mass is 325 g/mol. The molecule has 0 aliphatic carbocycles. The van der Waals surface area contributed by atoms with Crippen LogP contribution in [0.15, 0.2) is 34.9 Å². The van der Waals surface area contributed by atoms with Crippen LogP contribution in [0.25, 0.3) is 0 Å². The number of rotatable bonds is 4. The van der Waals surface area contributed by atoms with E-state index < -0.39 is 0 Å². The topological polar surface area (TPSA) is 46.9 Å². The molecule has 0 atom stereocenters. The number of carbonyl (C=O) groups is 1. The van der Waals surface area contributed by atoms with E-state index in [-0.39, 0.29) is 18.3 Å². The van der Waals surface area contributed by atoms with Crippen molar-refractivity contribution in [3.05, 3.63) is 52.0 Å². The van der Waals surface area contributed by atoms with E-state index in [1.807, 2.05) is 6.92 Å². The fourth-order valence-electron chi connectivity index (χ4n) is 1.58. The van der Waals surface area contributed by atoms with E-state index in [1.165, 1.54) is 12.1 Å². The van der Waals surface area contributed by atoms with Crippen LogP contribution in [-0.2, 0) is 17.9 Å². The zero-order valence-electron chi connectivity index (χ0n) is 10.4. The van der Waals surface area contributed by atoms with E-state index in [0.29, 0.717) is 6.54 Å². The zero-order valence-corrected chi connectivity index (χ0v) is 11.9. The van der Waals surface area contributed by atoms with Gasteiger partial charge in [0.2, 0.25) is 5.91 Å². The number of nitrogens with one attached hydrogen (secondary N) is 1. The highest BCUT2D eigenvalue weighted by molar-refractivity contribution is 9.10. The summed E-state index contributed by atoms with van der Waals surface area (Å²) in [5, 5.41) is 6.85. The Balaban J connectivity index is 1.88. The van der Waals surface area contributed by atoms with Crippen LogP contribution in [0.4, 0.5) is 4.39 Å². The van der Waals surface area contributed by atoms with E-state index in [1.54, 1.807) is 23.0 Å². The van der Waals surface area contributed by atoms with Crippen molar-refractivity contribution in [1.82, 2.24) is 15.1 Å². The number of benzene rings is 1. The van der Waals surface area contributed by atoms with Gasteiger partial charge in [-0.2, -0.15) is 5.10 Å². The van der Waals surface area contributed by atoms with Gasteiger partial charge < -0.3 is 5.32 Å². The molecular formula is C13H13BrFN3O. The minimum absolute atomic E-state index is 0.136. The molecule has 100 valence electrons. The van der Waals surface area contributed by atoms with E-state index in [0.717, 1.165) is 15.7 Å². The first-order valence-electron chi connectivity index (χ1n) is 5.75. The molecule has 1 aromatic heterocycles. The lowest BCUT2D eigenvalue weighted by Crippen LogP contribution is -2.27. The van der Waals surface area contributed by atoms with Gasteiger partial charge in [-0.15, -0.1) is 0 Å². The summed E-state index contributed by atoms with van der Waals surface area (Å²) in [4.78, 5) is 11.8. The standard InChI is InChI=1S/C13H13BrFN3O/c1-9-12(14)7-17-18(9)8-13(19)16-6-10-2-4-11(15)5-3-10/h2-5,7H,6,8H2,1H3,(H,16,19). The second-order valence-electron chi connectivity index (χ2n) is 4.14. The number of carbonyl (C=O) groups excluding carboxylic acids is 1. The first-order valence-corrected chi connectivity index (χ1v) is 6.54. The number of halogens is 2. The van der Waals surface area contributed by atoms with Gasteiger partial charge in [0.15, 0.2) is 0 Å². The van der Waals surface area contributed by atoms with Crippen molar-refractivity contribution in [2.75, 3.05) is 0 Å². The first-order chi connectivity index (χ1) is 9.06. The van der Waals surface area contributed by atoms with Crippen LogP contribution >= 0.6 is 15.9 Å². The molecule has 0 spiro atoms. The van der Waals surface area contributed by atoms with Crippen LogP contribution in [0, 0.1) is 12.7 Å². The minimum Gasteiger partial charge on any atom is -0.350 e. The highest BCUT2D eigenvalue weighted by atomic mass is 79.9. The zero-order chi connectivity index (χ0) is 13.8. The molecule has 0 saturated heterocycles. The maximum atomic E-state index is 12.7. The lowest BCUT2D eigenvalue weighted by molar-refractivity contribution is -0.122. The normalized spacial score (nSPS) is 10.5. The van der Waals surface area contributed by atoms with Crippen LogP contribution in [-0.4, -0.2) is 15.7 Å². The summed E-state index contributed by atoms with van der Waals surface area (Å²) in [5.41, 5.74) is 1.75. The van der Waals surface area contributed by atoms with Crippen molar-refractivity contribution >= 4 is 21.8 Å². The molecule has 2 aromatic rings. The molecule has 0 unspecified atom stereocenters. The third-order valence-electron chi connectivity index (χ3n) is 2.74. The van der Waals surface area contributed by atoms with E-state index in [4.69, 9.17) is 0 Å². The van der Waals surface area contributed by atoms with E-state index in [2.05, 4.69) is 26.3 Å². The second-order valence-corrected chi connectivity index (χ2v) is 4.99. The Labute approximate surface area is 118 Å². The number of amides is 1. The van der Waals surface area contributed by atoms with Crippen molar-refractivity contribution in [3.63, 3.8) is 0 Å². The van der Waals surface area contributed by atoms with Gasteiger partial charge in [0.05, 0.1) is 16.4 Å². The third-order valence-corrected chi connectivity index (χ3v) is 3.52. The third kappa shape index (κ3) is 3.64. The number of hydrogen-bond acceptors (Lipinski definition) is 2. The maximum Gasteiger partial charge on any atom is 0.242 e. The molecule has 0 aliphatic rings. The van der Waals surface area contributed by atoms with Gasteiger partial charge in [0.1, 0.15) is 12.4 Å². The summed E-state index contributed by atoms with van der Waals surface area (Å²) in [6.45, 7) is 2.42. The average molecular weight is 326 g/mol. The predicted octanol–water partition coefficient (Wildman–Crippen LogP) is 2.41. The van der Waals surface area contributed by atoms with E-state index in [9.17, 15) is 9.18 Å². The Morgan fingerprint density at radius 2 is 2.11 bits per heavy atom. The molecule has 1 heterocycles. The Bertz CT molecular complexity index is 580. The highest BCUT2D eigenvalue weighted by Crippen LogP contribution is 2.13. The molecule has 0 aliphatic heterocycles. The maximum absolute atomic E-state index is 12.7. The van der Waals surface area contributed by atoms with Crippen LogP contribution < -0.4 is 5.32 Å².